The third-order valence-corrected chi connectivity index (χ3v) is 2.77. The number of esters is 1. The zero-order valence-electron chi connectivity index (χ0n) is 9.22. The van der Waals surface area contributed by atoms with E-state index < -0.39 is 5.97 Å². The van der Waals surface area contributed by atoms with Crippen molar-refractivity contribution in [3.8, 4) is 5.69 Å². The highest BCUT2D eigenvalue weighted by molar-refractivity contribution is 6.34. The molecule has 2 aromatic rings. The number of aromatic nitrogens is 3. The van der Waals surface area contributed by atoms with Gasteiger partial charge in [0.25, 0.3) is 0 Å². The molecule has 0 saturated heterocycles. The number of halogens is 2. The standard InChI is InChI=1S/C10H8Cl2N4O2/c1-18-10(17)8-9(13)16(15-14-8)7-4-5(11)2-3-6(7)12/h2-4H,13H2,1H3. The molecule has 6 nitrogen and oxygen atoms in total. The van der Waals surface area contributed by atoms with Crippen LogP contribution in [0.15, 0.2) is 18.2 Å². The van der Waals surface area contributed by atoms with Crippen molar-refractivity contribution in [2.24, 2.45) is 0 Å². The van der Waals surface area contributed by atoms with Crippen molar-refractivity contribution in [2.75, 3.05) is 12.8 Å². The minimum Gasteiger partial charge on any atom is -0.464 e. The molecule has 0 spiro atoms. The number of carbonyl (C=O) groups excluding carboxylic acids is 1. The van der Waals surface area contributed by atoms with Gasteiger partial charge in [-0.05, 0) is 18.2 Å². The fraction of sp³-hybridized carbons (Fsp3) is 0.100. The van der Waals surface area contributed by atoms with E-state index >= 15 is 0 Å². The lowest BCUT2D eigenvalue weighted by Crippen LogP contribution is -2.08. The van der Waals surface area contributed by atoms with Crippen LogP contribution in [0.2, 0.25) is 10.0 Å². The van der Waals surface area contributed by atoms with Gasteiger partial charge in [0.05, 0.1) is 17.8 Å². The fourth-order valence-corrected chi connectivity index (χ4v) is 1.72. The number of nitrogens with two attached hydrogens (primary N) is 1. The molecule has 0 saturated carbocycles. The van der Waals surface area contributed by atoms with E-state index in [1.807, 2.05) is 0 Å². The molecule has 2 rings (SSSR count). The highest BCUT2D eigenvalue weighted by Crippen LogP contribution is 2.26. The van der Waals surface area contributed by atoms with Gasteiger partial charge in [-0.25, -0.2) is 4.79 Å². The zero-order valence-corrected chi connectivity index (χ0v) is 10.7. The van der Waals surface area contributed by atoms with Gasteiger partial charge in [0.2, 0.25) is 5.69 Å². The summed E-state index contributed by atoms with van der Waals surface area (Å²) < 4.78 is 5.75. The zero-order chi connectivity index (χ0) is 13.3. The maximum Gasteiger partial charge on any atom is 0.362 e. The van der Waals surface area contributed by atoms with Crippen molar-refractivity contribution in [2.45, 2.75) is 0 Å². The smallest absolute Gasteiger partial charge is 0.362 e. The third kappa shape index (κ3) is 2.12. The highest BCUT2D eigenvalue weighted by Gasteiger charge is 2.19. The van der Waals surface area contributed by atoms with Crippen molar-refractivity contribution in [1.82, 2.24) is 15.0 Å². The Kier molecular flexibility index (Phi) is 3.40. The average Bonchev–Trinajstić information content (AvgIpc) is 2.73. The van der Waals surface area contributed by atoms with Crippen LogP contribution >= 0.6 is 23.2 Å². The molecule has 18 heavy (non-hydrogen) atoms. The second-order valence-electron chi connectivity index (χ2n) is 3.32. The Morgan fingerprint density at radius 3 is 2.83 bits per heavy atom. The van der Waals surface area contributed by atoms with Crippen molar-refractivity contribution < 1.29 is 9.53 Å². The van der Waals surface area contributed by atoms with E-state index in [0.717, 1.165) is 0 Å². The number of rotatable bonds is 2. The number of hydrogen-bond acceptors (Lipinski definition) is 5. The van der Waals surface area contributed by atoms with Gasteiger partial charge >= 0.3 is 5.97 Å². The second kappa shape index (κ2) is 4.83. The molecule has 1 aromatic carbocycles. The van der Waals surface area contributed by atoms with E-state index in [1.54, 1.807) is 18.2 Å². The molecular formula is C10H8Cl2N4O2. The number of anilines is 1. The van der Waals surface area contributed by atoms with Gasteiger partial charge in [0, 0.05) is 5.02 Å². The molecule has 0 aliphatic carbocycles. The van der Waals surface area contributed by atoms with Crippen LogP contribution in [0, 0.1) is 0 Å². The molecule has 0 atom stereocenters. The maximum atomic E-state index is 11.4. The van der Waals surface area contributed by atoms with E-state index in [-0.39, 0.29) is 11.5 Å². The summed E-state index contributed by atoms with van der Waals surface area (Å²) in [5.74, 6) is -0.636. The molecule has 0 fully saturated rings. The summed E-state index contributed by atoms with van der Waals surface area (Å²) in [4.78, 5) is 11.4. The summed E-state index contributed by atoms with van der Waals surface area (Å²) in [6.45, 7) is 0. The first-order chi connectivity index (χ1) is 8.54. The van der Waals surface area contributed by atoms with E-state index in [9.17, 15) is 4.79 Å². The van der Waals surface area contributed by atoms with Gasteiger partial charge in [0.1, 0.15) is 0 Å². The van der Waals surface area contributed by atoms with E-state index in [4.69, 9.17) is 28.9 Å². The summed E-state index contributed by atoms with van der Waals surface area (Å²) in [6.07, 6.45) is 0. The number of nitrogen functional groups attached to an aromatic ring is 1. The molecule has 0 radical (unpaired) electrons. The van der Waals surface area contributed by atoms with Gasteiger partial charge < -0.3 is 10.5 Å². The molecule has 1 heterocycles. The Morgan fingerprint density at radius 2 is 2.17 bits per heavy atom. The largest absolute Gasteiger partial charge is 0.464 e. The Hall–Kier alpha value is -1.79. The van der Waals surface area contributed by atoms with Crippen molar-refractivity contribution in [1.29, 1.82) is 0 Å². The topological polar surface area (TPSA) is 83.0 Å². The lowest BCUT2D eigenvalue weighted by atomic mass is 10.3. The predicted molar refractivity (Wildman–Crippen MR) is 67.1 cm³/mol. The van der Waals surface area contributed by atoms with Crippen molar-refractivity contribution in [3.63, 3.8) is 0 Å². The number of carbonyl (C=O) groups is 1. The molecule has 0 aliphatic rings. The Morgan fingerprint density at radius 1 is 1.44 bits per heavy atom. The van der Waals surface area contributed by atoms with E-state index in [2.05, 4.69) is 15.0 Å². The first-order valence-electron chi connectivity index (χ1n) is 4.79. The van der Waals surface area contributed by atoms with Crippen LogP contribution in [0.5, 0.6) is 0 Å². The van der Waals surface area contributed by atoms with E-state index in [0.29, 0.717) is 15.7 Å². The second-order valence-corrected chi connectivity index (χ2v) is 4.17. The lowest BCUT2D eigenvalue weighted by molar-refractivity contribution is 0.0595. The monoisotopic (exact) mass is 286 g/mol. The summed E-state index contributed by atoms with van der Waals surface area (Å²) >= 11 is 11.9. The van der Waals surface area contributed by atoms with Crippen LogP contribution < -0.4 is 5.73 Å². The van der Waals surface area contributed by atoms with Gasteiger partial charge in [-0.2, -0.15) is 4.68 Å². The normalized spacial score (nSPS) is 10.4. The van der Waals surface area contributed by atoms with Gasteiger partial charge in [-0.15, -0.1) is 5.10 Å². The first kappa shape index (κ1) is 12.7. The minimum absolute atomic E-state index is 0.0333. The summed E-state index contributed by atoms with van der Waals surface area (Å²) in [5.41, 5.74) is 6.13. The molecule has 2 N–H and O–H groups in total. The maximum absolute atomic E-state index is 11.4. The van der Waals surface area contributed by atoms with Gasteiger partial charge in [0.15, 0.2) is 5.82 Å². The molecule has 0 unspecified atom stereocenters. The summed E-state index contributed by atoms with van der Waals surface area (Å²) in [5, 5.41) is 8.24. The average molecular weight is 287 g/mol. The number of hydrogen-bond donors (Lipinski definition) is 1. The lowest BCUT2D eigenvalue weighted by Gasteiger charge is -2.05. The van der Waals surface area contributed by atoms with Gasteiger partial charge in [-0.1, -0.05) is 28.4 Å². The Labute approximate surface area is 112 Å². The molecule has 94 valence electrons. The number of ether oxygens (including phenoxy) is 1. The van der Waals surface area contributed by atoms with E-state index in [1.165, 1.54) is 11.8 Å². The summed E-state index contributed by atoms with van der Waals surface area (Å²) in [6, 6.07) is 4.79. The molecule has 0 bridgehead atoms. The molecular weight excluding hydrogens is 279 g/mol. The number of methoxy groups -OCH3 is 1. The predicted octanol–water partition coefficient (Wildman–Crippen LogP) is 1.94. The van der Waals surface area contributed by atoms with Crippen LogP contribution in [0.25, 0.3) is 5.69 Å². The fourth-order valence-electron chi connectivity index (χ4n) is 1.36. The van der Waals surface area contributed by atoms with Crippen LogP contribution in [0.4, 0.5) is 5.82 Å². The summed E-state index contributed by atoms with van der Waals surface area (Å²) in [7, 11) is 1.23. The quantitative estimate of drug-likeness (QED) is 0.853. The van der Waals surface area contributed by atoms with Crippen LogP contribution in [0.1, 0.15) is 10.5 Å². The minimum atomic E-state index is -0.670. The van der Waals surface area contributed by atoms with Crippen LogP contribution in [0.3, 0.4) is 0 Å². The molecule has 0 amide bonds. The molecule has 1 aromatic heterocycles. The third-order valence-electron chi connectivity index (χ3n) is 2.22. The Bertz CT molecular complexity index is 612. The van der Waals surface area contributed by atoms with Crippen LogP contribution in [-0.4, -0.2) is 28.1 Å². The number of nitrogens with zero attached hydrogens (tertiary/aromatic N) is 3. The molecule has 0 aliphatic heterocycles. The van der Waals surface area contributed by atoms with Crippen molar-refractivity contribution >= 4 is 35.0 Å². The van der Waals surface area contributed by atoms with Crippen LogP contribution in [-0.2, 0) is 4.74 Å². The van der Waals surface area contributed by atoms with Gasteiger partial charge in [-0.3, -0.25) is 0 Å². The number of benzene rings is 1. The highest BCUT2D eigenvalue weighted by atomic mass is 35.5. The SMILES string of the molecule is COC(=O)c1nnn(-c2cc(Cl)ccc2Cl)c1N. The van der Waals surface area contributed by atoms with Crippen molar-refractivity contribution in [3.05, 3.63) is 33.9 Å². The first-order valence-corrected chi connectivity index (χ1v) is 5.55. The molecule has 8 heteroatoms. The Balaban J connectivity index is 2.55.